The Hall–Kier alpha value is -2.00. The lowest BCUT2D eigenvalue weighted by atomic mass is 10.1. The Morgan fingerprint density at radius 2 is 2.07 bits per heavy atom. The molecule has 148 valence electrons. The van der Waals surface area contributed by atoms with Crippen LogP contribution in [-0.2, 0) is 13.5 Å². The first-order valence-corrected chi connectivity index (χ1v) is 9.79. The fourth-order valence-electron chi connectivity index (χ4n) is 2.76. The number of aromatic nitrogens is 2. The van der Waals surface area contributed by atoms with E-state index < -0.39 is 17.7 Å². The lowest BCUT2D eigenvalue weighted by Crippen LogP contribution is -2.41. The molecule has 2 aromatic heterocycles. The largest absolute Gasteiger partial charge is 0.347 e. The van der Waals surface area contributed by atoms with Crippen molar-refractivity contribution in [3.05, 3.63) is 61.9 Å². The van der Waals surface area contributed by atoms with Crippen LogP contribution in [-0.4, -0.2) is 28.3 Å². The second-order valence-corrected chi connectivity index (χ2v) is 8.18. The number of benzene rings is 1. The van der Waals surface area contributed by atoms with Gasteiger partial charge in [0.25, 0.3) is 5.91 Å². The van der Waals surface area contributed by atoms with Crippen molar-refractivity contribution in [2.24, 2.45) is 12.8 Å². The fourth-order valence-corrected chi connectivity index (χ4v) is 4.21. The number of nitrogens with zero attached hydrogens (tertiary/aromatic N) is 2. The van der Waals surface area contributed by atoms with E-state index in [0.717, 1.165) is 23.5 Å². The van der Waals surface area contributed by atoms with E-state index >= 15 is 0 Å². The van der Waals surface area contributed by atoms with Crippen molar-refractivity contribution in [2.75, 3.05) is 6.54 Å². The van der Waals surface area contributed by atoms with Gasteiger partial charge in [-0.05, 0) is 30.2 Å². The average Bonchev–Trinajstić information content (AvgIpc) is 3.19. The third-order valence-corrected chi connectivity index (χ3v) is 5.78. The molecular weight excluding hydrogens is 429 g/mol. The highest BCUT2D eigenvalue weighted by molar-refractivity contribution is 7.18. The molecule has 2 heterocycles. The van der Waals surface area contributed by atoms with Gasteiger partial charge in [-0.1, -0.05) is 29.3 Å². The average molecular weight is 445 g/mol. The summed E-state index contributed by atoms with van der Waals surface area (Å²) < 4.78 is 28.4. The molecule has 0 spiro atoms. The number of rotatable bonds is 6. The zero-order valence-corrected chi connectivity index (χ0v) is 17.0. The van der Waals surface area contributed by atoms with Gasteiger partial charge in [0.1, 0.15) is 4.34 Å². The summed E-state index contributed by atoms with van der Waals surface area (Å²) in [5.74, 6) is -2.23. The van der Waals surface area contributed by atoms with Crippen LogP contribution in [0.2, 0.25) is 9.36 Å². The lowest BCUT2D eigenvalue weighted by molar-refractivity contribution is 0.0942. The maximum absolute atomic E-state index is 13.4. The molecule has 1 amide bonds. The van der Waals surface area contributed by atoms with Gasteiger partial charge in [0.15, 0.2) is 11.6 Å². The molecule has 3 aromatic rings. The Morgan fingerprint density at radius 1 is 1.32 bits per heavy atom. The lowest BCUT2D eigenvalue weighted by Gasteiger charge is -2.16. The monoisotopic (exact) mass is 444 g/mol. The topological polar surface area (TPSA) is 72.9 Å². The molecule has 10 heteroatoms. The van der Waals surface area contributed by atoms with Crippen molar-refractivity contribution in [3.63, 3.8) is 0 Å². The van der Waals surface area contributed by atoms with Crippen LogP contribution in [0.1, 0.15) is 15.2 Å². The van der Waals surface area contributed by atoms with Crippen molar-refractivity contribution < 1.29 is 13.6 Å². The molecule has 1 unspecified atom stereocenters. The zero-order valence-electron chi connectivity index (χ0n) is 14.7. The minimum absolute atomic E-state index is 0.129. The number of carbonyl (C=O) groups is 1. The summed E-state index contributed by atoms with van der Waals surface area (Å²) in [6.07, 6.45) is 1.76. The quantitative estimate of drug-likeness (QED) is 0.602. The van der Waals surface area contributed by atoms with Gasteiger partial charge in [0.05, 0.1) is 21.8 Å². The van der Waals surface area contributed by atoms with E-state index in [9.17, 15) is 13.6 Å². The summed E-state index contributed by atoms with van der Waals surface area (Å²) in [5.41, 5.74) is 7.48. The van der Waals surface area contributed by atoms with Crippen LogP contribution in [0, 0.1) is 11.6 Å². The summed E-state index contributed by atoms with van der Waals surface area (Å²) >= 11 is 13.5. The first kappa shape index (κ1) is 20.7. The van der Waals surface area contributed by atoms with E-state index in [1.165, 1.54) is 12.3 Å². The fraction of sp³-hybridized carbons (Fsp3) is 0.222. The van der Waals surface area contributed by atoms with Crippen molar-refractivity contribution in [1.29, 1.82) is 0 Å². The zero-order chi connectivity index (χ0) is 20.4. The minimum Gasteiger partial charge on any atom is -0.347 e. The smallest absolute Gasteiger partial charge is 0.261 e. The van der Waals surface area contributed by atoms with Crippen LogP contribution in [0.25, 0.3) is 11.3 Å². The van der Waals surface area contributed by atoms with Crippen molar-refractivity contribution in [3.8, 4) is 11.3 Å². The molecule has 0 radical (unpaired) electrons. The molecular formula is C18H16Cl2F2N4OS. The normalized spacial score (nSPS) is 12.2. The van der Waals surface area contributed by atoms with Gasteiger partial charge in [0, 0.05) is 25.2 Å². The van der Waals surface area contributed by atoms with Gasteiger partial charge in [-0.25, -0.2) is 8.78 Å². The van der Waals surface area contributed by atoms with Gasteiger partial charge in [0.2, 0.25) is 0 Å². The first-order chi connectivity index (χ1) is 13.3. The van der Waals surface area contributed by atoms with Crippen LogP contribution in [0.4, 0.5) is 8.78 Å². The predicted molar refractivity (Wildman–Crippen MR) is 107 cm³/mol. The Morgan fingerprint density at radius 3 is 2.68 bits per heavy atom. The summed E-state index contributed by atoms with van der Waals surface area (Å²) in [7, 11) is 1.72. The Labute approximate surface area is 174 Å². The van der Waals surface area contributed by atoms with Crippen molar-refractivity contribution in [2.45, 2.75) is 12.5 Å². The highest BCUT2D eigenvalue weighted by Crippen LogP contribution is 2.38. The second kappa shape index (κ2) is 8.57. The third kappa shape index (κ3) is 4.35. The Balaban J connectivity index is 1.76. The molecule has 0 aliphatic heterocycles. The third-order valence-electron chi connectivity index (χ3n) is 4.15. The van der Waals surface area contributed by atoms with Crippen LogP contribution >= 0.6 is 34.5 Å². The van der Waals surface area contributed by atoms with Crippen molar-refractivity contribution >= 4 is 40.4 Å². The molecule has 0 aliphatic carbocycles. The van der Waals surface area contributed by atoms with E-state index in [1.807, 2.05) is 0 Å². The number of halogens is 4. The van der Waals surface area contributed by atoms with E-state index in [2.05, 4.69) is 10.4 Å². The number of nitrogens with two attached hydrogens (primary N) is 1. The predicted octanol–water partition coefficient (Wildman–Crippen LogP) is 4.03. The molecule has 3 N–H and O–H groups in total. The van der Waals surface area contributed by atoms with Crippen LogP contribution in [0.5, 0.6) is 0 Å². The molecule has 1 atom stereocenters. The van der Waals surface area contributed by atoms with E-state index in [-0.39, 0.29) is 18.9 Å². The molecule has 3 rings (SSSR count). The Bertz CT molecular complexity index is 1000. The van der Waals surface area contributed by atoms with Gasteiger partial charge < -0.3 is 11.1 Å². The molecule has 1 aromatic carbocycles. The maximum Gasteiger partial charge on any atom is 0.261 e. The molecule has 0 saturated carbocycles. The van der Waals surface area contributed by atoms with Crippen LogP contribution in [0.3, 0.4) is 0 Å². The van der Waals surface area contributed by atoms with E-state index in [0.29, 0.717) is 31.1 Å². The highest BCUT2D eigenvalue weighted by atomic mass is 35.5. The second-order valence-electron chi connectivity index (χ2n) is 6.12. The molecule has 0 fully saturated rings. The number of hydrogen-bond donors (Lipinski definition) is 2. The molecule has 0 saturated heterocycles. The van der Waals surface area contributed by atoms with Gasteiger partial charge in [-0.15, -0.1) is 11.3 Å². The summed E-state index contributed by atoms with van der Waals surface area (Å²) in [6.45, 7) is 0.129. The van der Waals surface area contributed by atoms with Gasteiger partial charge in [-0.3, -0.25) is 9.48 Å². The molecule has 0 aliphatic rings. The molecule has 5 nitrogen and oxygen atoms in total. The van der Waals surface area contributed by atoms with E-state index in [1.54, 1.807) is 17.8 Å². The summed E-state index contributed by atoms with van der Waals surface area (Å²) in [5, 5.41) is 7.29. The number of nitrogens with one attached hydrogen (secondary N) is 1. The van der Waals surface area contributed by atoms with Crippen molar-refractivity contribution in [1.82, 2.24) is 15.1 Å². The number of carbonyl (C=O) groups excluding carboxylic acids is 1. The maximum atomic E-state index is 13.4. The summed E-state index contributed by atoms with van der Waals surface area (Å²) in [6, 6.07) is 4.77. The van der Waals surface area contributed by atoms with Crippen LogP contribution < -0.4 is 11.1 Å². The highest BCUT2D eigenvalue weighted by Gasteiger charge is 2.21. The number of amides is 1. The van der Waals surface area contributed by atoms with Gasteiger partial charge >= 0.3 is 0 Å². The molecule has 28 heavy (non-hydrogen) atoms. The first-order valence-electron chi connectivity index (χ1n) is 8.22. The minimum atomic E-state index is -0.942. The molecule has 0 bridgehead atoms. The van der Waals surface area contributed by atoms with Crippen LogP contribution in [0.15, 0.2) is 30.5 Å². The van der Waals surface area contributed by atoms with E-state index in [4.69, 9.17) is 28.9 Å². The SMILES string of the molecule is Cn1ncc(Cl)c1-c1cc(C(=O)NC(CN)Cc2ccc(F)c(F)c2)sc1Cl. The number of thiophene rings is 1. The number of hydrogen-bond acceptors (Lipinski definition) is 4. The standard InChI is InChI=1S/C18H16Cl2F2N4OS/c1-26-16(12(19)8-24-26)11-6-15(28-17(11)20)18(27)25-10(7-23)4-9-2-3-13(21)14(22)5-9/h2-3,5-6,8,10H,4,7,23H2,1H3,(H,25,27). The van der Waals surface area contributed by atoms with Gasteiger partial charge in [-0.2, -0.15) is 5.10 Å². The number of aryl methyl sites for hydroxylation is 1. The Kier molecular flexibility index (Phi) is 6.34. The summed E-state index contributed by atoms with van der Waals surface area (Å²) in [4.78, 5) is 13.0.